The number of halogens is 3. The Kier molecular flexibility index (Phi) is 5.11. The summed E-state index contributed by atoms with van der Waals surface area (Å²) in [7, 11) is 0. The van der Waals surface area contributed by atoms with Crippen LogP contribution in [-0.4, -0.2) is 28.6 Å². The van der Waals surface area contributed by atoms with Crippen LogP contribution in [0.25, 0.3) is 0 Å². The molecule has 2 N–H and O–H groups in total. The Morgan fingerprint density at radius 1 is 1.27 bits per heavy atom. The average molecular weight is 334 g/mol. The Balaban J connectivity index is 1.82. The van der Waals surface area contributed by atoms with Gasteiger partial charge in [0.1, 0.15) is 0 Å². The molecule has 0 bridgehead atoms. The first-order chi connectivity index (χ1) is 10.4. The minimum Gasteiger partial charge on any atom is -0.348 e. The lowest BCUT2D eigenvalue weighted by molar-refractivity contribution is -0.138. The third-order valence-electron chi connectivity index (χ3n) is 3.02. The number of amides is 2. The highest BCUT2D eigenvalue weighted by atomic mass is 32.1. The topological polar surface area (TPSA) is 84.0 Å². The van der Waals surface area contributed by atoms with Crippen molar-refractivity contribution in [1.82, 2.24) is 15.5 Å². The minimum absolute atomic E-state index is 0.163. The summed E-state index contributed by atoms with van der Waals surface area (Å²) >= 11 is 0.163. The first kappa shape index (κ1) is 16.4. The van der Waals surface area contributed by atoms with Gasteiger partial charge in [0, 0.05) is 6.54 Å². The van der Waals surface area contributed by atoms with Gasteiger partial charge in [-0.2, -0.15) is 13.2 Å². The number of carbonyl (C=O) groups is 2. The molecule has 1 aliphatic rings. The number of hydrogen-bond acceptors (Lipinski definition) is 5. The molecule has 1 aromatic rings. The predicted molar refractivity (Wildman–Crippen MR) is 73.0 cm³/mol. The van der Waals surface area contributed by atoms with E-state index in [2.05, 4.69) is 21.6 Å². The lowest BCUT2D eigenvalue weighted by atomic mass is 9.94. The zero-order valence-electron chi connectivity index (χ0n) is 11.3. The smallest absolute Gasteiger partial charge is 0.348 e. The fourth-order valence-electron chi connectivity index (χ4n) is 1.90. The van der Waals surface area contributed by atoms with Gasteiger partial charge in [0.2, 0.25) is 10.1 Å². The number of anilines is 1. The van der Waals surface area contributed by atoms with E-state index in [9.17, 15) is 22.8 Å². The van der Waals surface area contributed by atoms with Crippen LogP contribution < -0.4 is 10.6 Å². The van der Waals surface area contributed by atoms with Crippen LogP contribution in [0.5, 0.6) is 0 Å². The summed E-state index contributed by atoms with van der Waals surface area (Å²) in [6, 6.07) is 0. The Morgan fingerprint density at radius 3 is 2.64 bits per heavy atom. The van der Waals surface area contributed by atoms with E-state index in [1.54, 1.807) is 0 Å². The van der Waals surface area contributed by atoms with Gasteiger partial charge in [-0.15, -0.1) is 10.2 Å². The fraction of sp³-hybridized carbons (Fsp3) is 0.500. The van der Waals surface area contributed by atoms with Crippen LogP contribution in [0.15, 0.2) is 12.2 Å². The monoisotopic (exact) mass is 334 g/mol. The molecular weight excluding hydrogens is 321 g/mol. The zero-order valence-corrected chi connectivity index (χ0v) is 12.1. The minimum atomic E-state index is -4.63. The molecule has 2 amide bonds. The second-order valence-corrected chi connectivity index (χ2v) is 5.70. The number of nitrogens with one attached hydrogen (secondary N) is 2. The quantitative estimate of drug-likeness (QED) is 0.654. The van der Waals surface area contributed by atoms with Crippen molar-refractivity contribution in [2.75, 3.05) is 11.9 Å². The van der Waals surface area contributed by atoms with Gasteiger partial charge >= 0.3 is 18.0 Å². The number of allylic oxidation sites excluding steroid dienone is 2. The van der Waals surface area contributed by atoms with Crippen molar-refractivity contribution in [1.29, 1.82) is 0 Å². The summed E-state index contributed by atoms with van der Waals surface area (Å²) in [5.41, 5.74) is 0. The van der Waals surface area contributed by atoms with E-state index in [4.69, 9.17) is 0 Å². The van der Waals surface area contributed by atoms with Crippen LogP contribution in [-0.2, 0) is 15.8 Å². The molecule has 6 nitrogen and oxygen atoms in total. The molecule has 0 radical (unpaired) electrons. The normalized spacial score (nSPS) is 18.0. The molecule has 120 valence electrons. The second kappa shape index (κ2) is 6.86. The van der Waals surface area contributed by atoms with E-state index in [1.165, 1.54) is 0 Å². The first-order valence-electron chi connectivity index (χ1n) is 6.51. The second-order valence-electron chi connectivity index (χ2n) is 4.72. The van der Waals surface area contributed by atoms with Gasteiger partial charge in [-0.25, -0.2) is 0 Å². The van der Waals surface area contributed by atoms with Crippen molar-refractivity contribution in [3.05, 3.63) is 17.2 Å². The van der Waals surface area contributed by atoms with Gasteiger partial charge in [0.25, 0.3) is 0 Å². The van der Waals surface area contributed by atoms with E-state index in [0.29, 0.717) is 6.54 Å². The standard InChI is InChI=1S/C12H13F3N4O2S/c13-12(14,15)10-18-19-11(22-10)17-9(21)8(20)16-6-7-4-2-1-3-5-7/h1-2,7H,3-6H2,(H,16,20)(H,17,19,21). The molecule has 2 rings (SSSR count). The van der Waals surface area contributed by atoms with E-state index in [-0.39, 0.29) is 22.4 Å². The number of hydrogen-bond donors (Lipinski definition) is 2. The average Bonchev–Trinajstić information content (AvgIpc) is 2.94. The van der Waals surface area contributed by atoms with Crippen LogP contribution in [0.4, 0.5) is 18.3 Å². The summed E-state index contributed by atoms with van der Waals surface area (Å²) in [4.78, 5) is 23.2. The maximum Gasteiger partial charge on any atom is 0.445 e. The first-order valence-corrected chi connectivity index (χ1v) is 7.33. The maximum absolute atomic E-state index is 12.3. The van der Waals surface area contributed by atoms with Crippen molar-refractivity contribution in [2.45, 2.75) is 25.4 Å². The third-order valence-corrected chi connectivity index (χ3v) is 3.91. The van der Waals surface area contributed by atoms with Gasteiger partial charge in [-0.3, -0.25) is 14.9 Å². The van der Waals surface area contributed by atoms with Crippen molar-refractivity contribution in [2.24, 2.45) is 5.92 Å². The molecule has 0 spiro atoms. The van der Waals surface area contributed by atoms with Gasteiger partial charge in [0.05, 0.1) is 0 Å². The summed E-state index contributed by atoms with van der Waals surface area (Å²) in [6.45, 7) is 0.348. The summed E-state index contributed by atoms with van der Waals surface area (Å²) in [5.74, 6) is -1.70. The van der Waals surface area contributed by atoms with E-state index in [1.807, 2.05) is 11.4 Å². The Bertz CT molecular complexity index is 585. The highest BCUT2D eigenvalue weighted by Gasteiger charge is 2.36. The molecular formula is C12H13F3N4O2S. The van der Waals surface area contributed by atoms with Crippen LogP contribution in [0, 0.1) is 5.92 Å². The van der Waals surface area contributed by atoms with E-state index in [0.717, 1.165) is 19.3 Å². The largest absolute Gasteiger partial charge is 0.445 e. The molecule has 1 unspecified atom stereocenters. The number of carbonyl (C=O) groups excluding carboxylic acids is 2. The summed E-state index contributed by atoms with van der Waals surface area (Å²) < 4.78 is 37.0. The summed E-state index contributed by atoms with van der Waals surface area (Å²) in [6.07, 6.45) is 2.12. The molecule has 0 aromatic carbocycles. The third kappa shape index (κ3) is 4.52. The molecule has 0 fully saturated rings. The van der Waals surface area contributed by atoms with Gasteiger partial charge in [-0.05, 0) is 25.2 Å². The molecule has 10 heteroatoms. The predicted octanol–water partition coefficient (Wildman–Crippen LogP) is 1.97. The molecule has 22 heavy (non-hydrogen) atoms. The Hall–Kier alpha value is -1.97. The van der Waals surface area contributed by atoms with Gasteiger partial charge in [0.15, 0.2) is 0 Å². The van der Waals surface area contributed by atoms with Crippen molar-refractivity contribution < 1.29 is 22.8 Å². The number of rotatable bonds is 3. The summed E-state index contributed by atoms with van der Waals surface area (Å²) in [5, 5.41) is 9.00. The van der Waals surface area contributed by atoms with Gasteiger partial charge < -0.3 is 5.32 Å². The van der Waals surface area contributed by atoms with Gasteiger partial charge in [-0.1, -0.05) is 23.5 Å². The van der Waals surface area contributed by atoms with Crippen molar-refractivity contribution in [3.8, 4) is 0 Å². The lowest BCUT2D eigenvalue weighted by Crippen LogP contribution is -2.38. The Labute approximate surface area is 127 Å². The molecule has 1 aromatic heterocycles. The molecule has 1 atom stereocenters. The van der Waals surface area contributed by atoms with Crippen LogP contribution in [0.2, 0.25) is 0 Å². The van der Waals surface area contributed by atoms with Crippen molar-refractivity contribution in [3.63, 3.8) is 0 Å². The molecule has 0 saturated carbocycles. The SMILES string of the molecule is O=C(NCC1CC=CCC1)C(=O)Nc1nnc(C(F)(F)F)s1. The van der Waals surface area contributed by atoms with Crippen LogP contribution in [0.1, 0.15) is 24.3 Å². The number of nitrogens with zero attached hydrogens (tertiary/aromatic N) is 2. The highest BCUT2D eigenvalue weighted by molar-refractivity contribution is 7.15. The van der Waals surface area contributed by atoms with E-state index < -0.39 is 23.0 Å². The van der Waals surface area contributed by atoms with E-state index >= 15 is 0 Å². The molecule has 1 heterocycles. The highest BCUT2D eigenvalue weighted by Crippen LogP contribution is 2.32. The fourth-order valence-corrected chi connectivity index (χ4v) is 2.51. The number of aromatic nitrogens is 2. The lowest BCUT2D eigenvalue weighted by Gasteiger charge is -2.17. The zero-order chi connectivity index (χ0) is 16.2. The van der Waals surface area contributed by atoms with Crippen LogP contribution >= 0.6 is 11.3 Å². The maximum atomic E-state index is 12.3. The Morgan fingerprint density at radius 2 is 2.05 bits per heavy atom. The molecule has 1 aliphatic carbocycles. The van der Waals surface area contributed by atoms with Crippen molar-refractivity contribution >= 4 is 28.3 Å². The number of alkyl halides is 3. The molecule has 0 saturated heterocycles. The van der Waals surface area contributed by atoms with Crippen LogP contribution in [0.3, 0.4) is 0 Å². The molecule has 0 aliphatic heterocycles.